The van der Waals surface area contributed by atoms with Crippen molar-refractivity contribution in [1.29, 1.82) is 0 Å². The summed E-state index contributed by atoms with van der Waals surface area (Å²) in [5.41, 5.74) is 6.95. The summed E-state index contributed by atoms with van der Waals surface area (Å²) in [6.45, 7) is 2.87. The monoisotopic (exact) mass is 234 g/mol. The molecule has 1 aromatic carbocycles. The predicted molar refractivity (Wildman–Crippen MR) is 70.7 cm³/mol. The number of nitrogens with two attached hydrogens (primary N) is 1. The highest BCUT2D eigenvalue weighted by Gasteiger charge is 2.12. The maximum atomic E-state index is 11.7. The molecule has 1 aromatic rings. The number of benzene rings is 1. The molecule has 0 unspecified atom stereocenters. The fraction of sp³-hybridized carbons (Fsp3) is 0.500. The van der Waals surface area contributed by atoms with Gasteiger partial charge in [-0.25, -0.2) is 0 Å². The van der Waals surface area contributed by atoms with Crippen molar-refractivity contribution in [2.24, 2.45) is 5.73 Å². The molecule has 0 aliphatic carbocycles. The predicted octanol–water partition coefficient (Wildman–Crippen LogP) is 1.86. The van der Waals surface area contributed by atoms with Crippen LogP contribution in [0.3, 0.4) is 0 Å². The SMILES string of the molecule is CCCCCNC(=O)[C@H](N)Cc1ccccc1. The van der Waals surface area contributed by atoms with Crippen LogP contribution >= 0.6 is 0 Å². The first-order chi connectivity index (χ1) is 8.24. The van der Waals surface area contributed by atoms with Gasteiger partial charge in [0.05, 0.1) is 6.04 Å². The third kappa shape index (κ3) is 5.50. The molecule has 3 nitrogen and oxygen atoms in total. The molecule has 0 saturated carbocycles. The van der Waals surface area contributed by atoms with Crippen LogP contribution in [0.25, 0.3) is 0 Å². The lowest BCUT2D eigenvalue weighted by Gasteiger charge is -2.12. The zero-order valence-corrected chi connectivity index (χ0v) is 10.5. The van der Waals surface area contributed by atoms with Crippen LogP contribution in [0, 0.1) is 0 Å². The topological polar surface area (TPSA) is 55.1 Å². The number of carbonyl (C=O) groups is 1. The lowest BCUT2D eigenvalue weighted by Crippen LogP contribution is -2.42. The van der Waals surface area contributed by atoms with E-state index < -0.39 is 6.04 Å². The zero-order valence-electron chi connectivity index (χ0n) is 10.5. The summed E-state index contributed by atoms with van der Waals surface area (Å²) in [6.07, 6.45) is 3.93. The number of carbonyl (C=O) groups excluding carboxylic acids is 1. The van der Waals surface area contributed by atoms with E-state index in [0.29, 0.717) is 6.42 Å². The summed E-state index contributed by atoms with van der Waals surface area (Å²) in [6, 6.07) is 9.41. The highest BCUT2D eigenvalue weighted by molar-refractivity contribution is 5.81. The summed E-state index contributed by atoms with van der Waals surface area (Å²) in [7, 11) is 0. The molecule has 0 aromatic heterocycles. The molecular formula is C14H22N2O. The molecule has 0 radical (unpaired) electrons. The Morgan fingerprint density at radius 2 is 2.00 bits per heavy atom. The van der Waals surface area contributed by atoms with Gasteiger partial charge in [-0.15, -0.1) is 0 Å². The van der Waals surface area contributed by atoms with Crippen molar-refractivity contribution in [2.75, 3.05) is 6.54 Å². The van der Waals surface area contributed by atoms with Gasteiger partial charge in [-0.1, -0.05) is 50.1 Å². The Labute approximate surface area is 103 Å². The van der Waals surface area contributed by atoms with Crippen LogP contribution in [0.5, 0.6) is 0 Å². The number of unbranched alkanes of at least 4 members (excludes halogenated alkanes) is 2. The molecule has 0 saturated heterocycles. The van der Waals surface area contributed by atoms with Crippen LogP contribution in [-0.2, 0) is 11.2 Å². The standard InChI is InChI=1S/C14H22N2O/c1-2-3-7-10-16-14(17)13(15)11-12-8-5-4-6-9-12/h4-6,8-9,13H,2-3,7,10-11,15H2,1H3,(H,16,17)/t13-/m1/s1. The molecule has 1 rings (SSSR count). The van der Waals surface area contributed by atoms with Crippen LogP contribution in [0.15, 0.2) is 30.3 Å². The van der Waals surface area contributed by atoms with E-state index in [1.807, 2.05) is 30.3 Å². The Bertz CT molecular complexity index is 324. The molecule has 1 amide bonds. The van der Waals surface area contributed by atoms with Gasteiger partial charge in [0, 0.05) is 6.54 Å². The largest absolute Gasteiger partial charge is 0.355 e. The van der Waals surface area contributed by atoms with Crippen molar-refractivity contribution in [3.8, 4) is 0 Å². The summed E-state index contributed by atoms with van der Waals surface area (Å²) >= 11 is 0. The Balaban J connectivity index is 2.27. The number of nitrogens with one attached hydrogen (secondary N) is 1. The number of amides is 1. The molecule has 0 aliphatic heterocycles. The molecular weight excluding hydrogens is 212 g/mol. The maximum absolute atomic E-state index is 11.7. The number of rotatable bonds is 7. The van der Waals surface area contributed by atoms with Gasteiger partial charge in [-0.05, 0) is 18.4 Å². The molecule has 3 N–H and O–H groups in total. The van der Waals surface area contributed by atoms with E-state index in [1.165, 1.54) is 0 Å². The molecule has 94 valence electrons. The van der Waals surface area contributed by atoms with Crippen LogP contribution < -0.4 is 11.1 Å². The molecule has 0 spiro atoms. The average Bonchev–Trinajstić information content (AvgIpc) is 2.35. The Hall–Kier alpha value is -1.35. The van der Waals surface area contributed by atoms with Gasteiger partial charge in [-0.2, -0.15) is 0 Å². The van der Waals surface area contributed by atoms with Gasteiger partial charge in [0.1, 0.15) is 0 Å². The van der Waals surface area contributed by atoms with E-state index in [-0.39, 0.29) is 5.91 Å². The molecule has 1 atom stereocenters. The first-order valence-electron chi connectivity index (χ1n) is 6.31. The second-order valence-electron chi connectivity index (χ2n) is 4.29. The minimum atomic E-state index is -0.445. The van der Waals surface area contributed by atoms with Crippen molar-refractivity contribution >= 4 is 5.91 Å². The Morgan fingerprint density at radius 1 is 1.29 bits per heavy atom. The van der Waals surface area contributed by atoms with E-state index >= 15 is 0 Å². The fourth-order valence-corrected chi connectivity index (χ4v) is 1.68. The quantitative estimate of drug-likeness (QED) is 0.708. The maximum Gasteiger partial charge on any atom is 0.237 e. The Kier molecular flexibility index (Phi) is 6.33. The third-order valence-corrected chi connectivity index (χ3v) is 2.71. The molecule has 0 heterocycles. The van der Waals surface area contributed by atoms with Crippen molar-refractivity contribution in [3.63, 3.8) is 0 Å². The van der Waals surface area contributed by atoms with Crippen molar-refractivity contribution in [2.45, 2.75) is 38.6 Å². The second kappa shape index (κ2) is 7.85. The van der Waals surface area contributed by atoms with Gasteiger partial charge in [0.25, 0.3) is 0 Å². The second-order valence-corrected chi connectivity index (χ2v) is 4.29. The van der Waals surface area contributed by atoms with Gasteiger partial charge < -0.3 is 11.1 Å². The molecule has 3 heteroatoms. The Morgan fingerprint density at radius 3 is 2.65 bits per heavy atom. The van der Waals surface area contributed by atoms with Crippen molar-refractivity contribution in [3.05, 3.63) is 35.9 Å². The lowest BCUT2D eigenvalue weighted by atomic mass is 10.1. The normalized spacial score (nSPS) is 12.1. The third-order valence-electron chi connectivity index (χ3n) is 2.71. The molecule has 0 aliphatic rings. The van der Waals surface area contributed by atoms with E-state index in [0.717, 1.165) is 31.4 Å². The van der Waals surface area contributed by atoms with E-state index in [2.05, 4.69) is 12.2 Å². The summed E-state index contributed by atoms with van der Waals surface area (Å²) < 4.78 is 0. The first kappa shape index (κ1) is 13.7. The van der Waals surface area contributed by atoms with E-state index in [1.54, 1.807) is 0 Å². The van der Waals surface area contributed by atoms with Crippen LogP contribution in [-0.4, -0.2) is 18.5 Å². The summed E-state index contributed by atoms with van der Waals surface area (Å²) in [4.78, 5) is 11.7. The minimum Gasteiger partial charge on any atom is -0.355 e. The van der Waals surface area contributed by atoms with Crippen LogP contribution in [0.4, 0.5) is 0 Å². The van der Waals surface area contributed by atoms with Gasteiger partial charge in [0.2, 0.25) is 5.91 Å². The highest BCUT2D eigenvalue weighted by atomic mass is 16.2. The van der Waals surface area contributed by atoms with Crippen LogP contribution in [0.1, 0.15) is 31.7 Å². The zero-order chi connectivity index (χ0) is 12.5. The van der Waals surface area contributed by atoms with Crippen LogP contribution in [0.2, 0.25) is 0 Å². The molecule has 0 fully saturated rings. The fourth-order valence-electron chi connectivity index (χ4n) is 1.68. The minimum absolute atomic E-state index is 0.0510. The van der Waals surface area contributed by atoms with Gasteiger partial charge in [0.15, 0.2) is 0 Å². The first-order valence-corrected chi connectivity index (χ1v) is 6.31. The summed E-state index contributed by atoms with van der Waals surface area (Å²) in [5, 5.41) is 2.87. The lowest BCUT2D eigenvalue weighted by molar-refractivity contribution is -0.122. The van der Waals surface area contributed by atoms with E-state index in [4.69, 9.17) is 5.73 Å². The smallest absolute Gasteiger partial charge is 0.237 e. The van der Waals surface area contributed by atoms with Gasteiger partial charge in [-0.3, -0.25) is 4.79 Å². The van der Waals surface area contributed by atoms with E-state index in [9.17, 15) is 4.79 Å². The molecule has 17 heavy (non-hydrogen) atoms. The highest BCUT2D eigenvalue weighted by Crippen LogP contribution is 2.02. The average molecular weight is 234 g/mol. The van der Waals surface area contributed by atoms with Gasteiger partial charge >= 0.3 is 0 Å². The van der Waals surface area contributed by atoms with Crippen molar-refractivity contribution in [1.82, 2.24) is 5.32 Å². The summed E-state index contributed by atoms with van der Waals surface area (Å²) in [5.74, 6) is -0.0510. The van der Waals surface area contributed by atoms with Crippen molar-refractivity contribution < 1.29 is 4.79 Å². The number of hydrogen-bond acceptors (Lipinski definition) is 2. The number of hydrogen-bond donors (Lipinski definition) is 2. The molecule has 0 bridgehead atoms.